The molecule has 1 aromatic rings. The van der Waals surface area contributed by atoms with Crippen molar-refractivity contribution < 1.29 is 17.2 Å². The van der Waals surface area contributed by atoms with Crippen LogP contribution < -0.4 is 5.56 Å². The number of H-pyrrole nitrogens is 1. The molecule has 0 aliphatic rings. The molecule has 1 aromatic heterocycles. The Bertz CT molecular complexity index is 507. The molecule has 4 nitrogen and oxygen atoms in total. The molecule has 0 radical (unpaired) electrons. The lowest BCUT2D eigenvalue weighted by molar-refractivity contribution is 0.150. The van der Waals surface area contributed by atoms with E-state index in [-0.39, 0.29) is 5.75 Å². The third-order valence-corrected chi connectivity index (χ3v) is 3.59. The Balaban J connectivity index is 3.42. The van der Waals surface area contributed by atoms with Crippen LogP contribution in [0.15, 0.2) is 22.0 Å². The Kier molecular flexibility index (Phi) is 3.23. The van der Waals surface area contributed by atoms with Gasteiger partial charge in [-0.2, -0.15) is 0 Å². The van der Waals surface area contributed by atoms with Gasteiger partial charge in [0, 0.05) is 11.8 Å². The van der Waals surface area contributed by atoms with Crippen molar-refractivity contribution in [2.75, 3.05) is 5.75 Å². The van der Waals surface area contributed by atoms with E-state index in [2.05, 4.69) is 0 Å². The Morgan fingerprint density at radius 1 is 1.47 bits per heavy atom. The quantitative estimate of drug-likeness (QED) is 0.856. The summed E-state index contributed by atoms with van der Waals surface area (Å²) in [5.74, 6) is -0.303. The molecule has 0 aliphatic heterocycles. The molecule has 1 N–H and O–H groups in total. The van der Waals surface area contributed by atoms with Gasteiger partial charge >= 0.3 is 0 Å². The van der Waals surface area contributed by atoms with E-state index in [1.165, 1.54) is 6.92 Å². The van der Waals surface area contributed by atoms with Crippen LogP contribution in [0.4, 0.5) is 8.78 Å². The third kappa shape index (κ3) is 2.41. The highest BCUT2D eigenvalue weighted by atomic mass is 32.2. The molecule has 0 spiro atoms. The molecule has 0 aliphatic carbocycles. The average molecular weight is 237 g/mol. The highest BCUT2D eigenvalue weighted by Crippen LogP contribution is 2.18. The molecule has 0 atom stereocenters. The summed E-state index contributed by atoms with van der Waals surface area (Å²) < 4.78 is 47.2. The summed E-state index contributed by atoms with van der Waals surface area (Å²) in [7, 11) is -3.76. The Morgan fingerprint density at radius 2 is 2.07 bits per heavy atom. The van der Waals surface area contributed by atoms with Crippen molar-refractivity contribution in [1.82, 2.24) is 4.98 Å². The molecule has 0 amide bonds. The number of halogens is 2. The van der Waals surface area contributed by atoms with Crippen LogP contribution in [0.5, 0.6) is 0 Å². The number of hydrogen-bond acceptors (Lipinski definition) is 3. The van der Waals surface area contributed by atoms with Crippen LogP contribution in [0.1, 0.15) is 18.9 Å². The topological polar surface area (TPSA) is 67.0 Å². The lowest BCUT2D eigenvalue weighted by Crippen LogP contribution is -2.19. The second-order valence-electron chi connectivity index (χ2n) is 2.83. The summed E-state index contributed by atoms with van der Waals surface area (Å²) in [5.41, 5.74) is -1.39. The maximum atomic E-state index is 12.3. The third-order valence-electron chi connectivity index (χ3n) is 1.86. The summed E-state index contributed by atoms with van der Waals surface area (Å²) in [6.45, 7) is 1.34. The van der Waals surface area contributed by atoms with E-state index in [0.29, 0.717) is 6.07 Å². The molecule has 7 heteroatoms. The number of sulfone groups is 1. The minimum absolute atomic E-state index is 0.303. The SMILES string of the molecule is CCS(=O)(=O)c1cc(C(F)F)c[nH]c1=O. The number of pyridine rings is 1. The second kappa shape index (κ2) is 4.09. The summed E-state index contributed by atoms with van der Waals surface area (Å²) in [6.07, 6.45) is -2.01. The molecule has 0 unspecified atom stereocenters. The van der Waals surface area contributed by atoms with E-state index in [9.17, 15) is 22.0 Å². The summed E-state index contributed by atoms with van der Waals surface area (Å²) >= 11 is 0. The number of nitrogens with one attached hydrogen (secondary N) is 1. The van der Waals surface area contributed by atoms with Crippen LogP contribution in [0.2, 0.25) is 0 Å². The van der Waals surface area contributed by atoms with E-state index in [0.717, 1.165) is 6.20 Å². The molecule has 0 fully saturated rings. The van der Waals surface area contributed by atoms with E-state index in [1.54, 1.807) is 0 Å². The molecule has 0 saturated heterocycles. The predicted molar refractivity (Wildman–Crippen MR) is 49.7 cm³/mol. The first-order chi connectivity index (χ1) is 6.88. The number of rotatable bonds is 3. The van der Waals surface area contributed by atoms with Crippen molar-refractivity contribution in [3.8, 4) is 0 Å². The fourth-order valence-electron chi connectivity index (χ4n) is 0.991. The van der Waals surface area contributed by atoms with Gasteiger partial charge in [-0.1, -0.05) is 6.92 Å². The van der Waals surface area contributed by atoms with Crippen molar-refractivity contribution in [3.05, 3.63) is 28.2 Å². The lowest BCUT2D eigenvalue weighted by Gasteiger charge is -2.03. The highest BCUT2D eigenvalue weighted by Gasteiger charge is 2.19. The van der Waals surface area contributed by atoms with Crippen molar-refractivity contribution in [2.24, 2.45) is 0 Å². The Morgan fingerprint density at radius 3 is 2.53 bits per heavy atom. The fourth-order valence-corrected chi connectivity index (χ4v) is 1.96. The largest absolute Gasteiger partial charge is 0.328 e. The monoisotopic (exact) mass is 237 g/mol. The smallest absolute Gasteiger partial charge is 0.266 e. The second-order valence-corrected chi connectivity index (χ2v) is 5.08. The predicted octanol–water partition coefficient (Wildman–Crippen LogP) is 1.11. The zero-order valence-corrected chi connectivity index (χ0v) is 8.64. The molecule has 15 heavy (non-hydrogen) atoms. The van der Waals surface area contributed by atoms with Crippen LogP contribution in [0, 0.1) is 0 Å². The first-order valence-electron chi connectivity index (χ1n) is 4.12. The van der Waals surface area contributed by atoms with Gasteiger partial charge in [-0.25, -0.2) is 17.2 Å². The van der Waals surface area contributed by atoms with Crippen molar-refractivity contribution in [3.63, 3.8) is 0 Å². The van der Waals surface area contributed by atoms with Crippen molar-refractivity contribution in [2.45, 2.75) is 18.2 Å². The van der Waals surface area contributed by atoms with Crippen molar-refractivity contribution >= 4 is 9.84 Å². The molecule has 1 rings (SSSR count). The molecule has 0 aromatic carbocycles. The Hall–Kier alpha value is -1.24. The fraction of sp³-hybridized carbons (Fsp3) is 0.375. The summed E-state index contributed by atoms with van der Waals surface area (Å²) in [6, 6.07) is 0.711. The zero-order valence-electron chi connectivity index (χ0n) is 7.83. The van der Waals surface area contributed by atoms with Gasteiger partial charge in [-0.3, -0.25) is 4.79 Å². The van der Waals surface area contributed by atoms with Gasteiger partial charge in [0.05, 0.1) is 5.75 Å². The maximum Gasteiger partial charge on any atom is 0.266 e. The number of aromatic amines is 1. The molecular formula is C8H9F2NO3S. The molecular weight excluding hydrogens is 228 g/mol. The highest BCUT2D eigenvalue weighted by molar-refractivity contribution is 7.91. The number of aromatic nitrogens is 1. The zero-order chi connectivity index (χ0) is 11.6. The van der Waals surface area contributed by atoms with Gasteiger partial charge in [0.2, 0.25) is 0 Å². The van der Waals surface area contributed by atoms with Gasteiger partial charge in [-0.05, 0) is 6.07 Å². The standard InChI is InChI=1S/C8H9F2NO3S/c1-2-15(13,14)6-3-5(7(9)10)4-11-8(6)12/h3-4,7H,2H2,1H3,(H,11,12). The van der Waals surface area contributed by atoms with E-state index < -0.39 is 32.3 Å². The van der Waals surface area contributed by atoms with E-state index in [1.807, 2.05) is 4.98 Å². The molecule has 1 heterocycles. The minimum Gasteiger partial charge on any atom is -0.328 e. The number of alkyl halides is 2. The lowest BCUT2D eigenvalue weighted by atomic mass is 10.3. The first-order valence-corrected chi connectivity index (χ1v) is 5.77. The van der Waals surface area contributed by atoms with Crippen LogP contribution in [0.25, 0.3) is 0 Å². The van der Waals surface area contributed by atoms with Crippen LogP contribution in [-0.2, 0) is 9.84 Å². The van der Waals surface area contributed by atoms with Crippen LogP contribution >= 0.6 is 0 Å². The van der Waals surface area contributed by atoms with E-state index in [4.69, 9.17) is 0 Å². The molecule has 0 bridgehead atoms. The summed E-state index contributed by atoms with van der Waals surface area (Å²) in [5, 5.41) is 0. The van der Waals surface area contributed by atoms with Gasteiger partial charge < -0.3 is 4.98 Å². The van der Waals surface area contributed by atoms with Gasteiger partial charge in [-0.15, -0.1) is 0 Å². The maximum absolute atomic E-state index is 12.3. The van der Waals surface area contributed by atoms with Gasteiger partial charge in [0.25, 0.3) is 12.0 Å². The minimum atomic E-state index is -3.76. The van der Waals surface area contributed by atoms with Gasteiger partial charge in [0.1, 0.15) is 4.90 Å². The van der Waals surface area contributed by atoms with Gasteiger partial charge in [0.15, 0.2) is 9.84 Å². The van der Waals surface area contributed by atoms with Crippen LogP contribution in [0.3, 0.4) is 0 Å². The Labute approximate surface area is 84.9 Å². The molecule has 84 valence electrons. The molecule has 0 saturated carbocycles. The average Bonchev–Trinajstić information content (AvgIpc) is 2.17. The number of hydrogen-bond donors (Lipinski definition) is 1. The summed E-state index contributed by atoms with van der Waals surface area (Å²) in [4.78, 5) is 12.5. The first kappa shape index (κ1) is 11.8. The van der Waals surface area contributed by atoms with Crippen LogP contribution in [-0.4, -0.2) is 19.2 Å². The van der Waals surface area contributed by atoms with Crippen molar-refractivity contribution in [1.29, 1.82) is 0 Å². The normalized spacial score (nSPS) is 12.0. The van der Waals surface area contributed by atoms with E-state index >= 15 is 0 Å².